The Morgan fingerprint density at radius 1 is 1.19 bits per heavy atom. The van der Waals surface area contributed by atoms with E-state index in [2.05, 4.69) is 5.32 Å². The Morgan fingerprint density at radius 3 is 2.67 bits per heavy atom. The standard InChI is InChI=1S/C16H16ClNO3/c1-11(21-13-7-5-6-12(17)10-13)16(19)18-14-8-3-4-9-15(14)20-2/h3-11H,1-2H3,(H,18,19)/t11-/m0/s1. The van der Waals surface area contributed by atoms with Crippen LogP contribution in [0.2, 0.25) is 5.02 Å². The quantitative estimate of drug-likeness (QED) is 0.915. The summed E-state index contributed by atoms with van der Waals surface area (Å²) in [4.78, 5) is 12.1. The average molecular weight is 306 g/mol. The van der Waals surface area contributed by atoms with Gasteiger partial charge in [0, 0.05) is 5.02 Å². The third kappa shape index (κ3) is 4.13. The van der Waals surface area contributed by atoms with Crippen LogP contribution in [0, 0.1) is 0 Å². The van der Waals surface area contributed by atoms with E-state index < -0.39 is 6.10 Å². The van der Waals surface area contributed by atoms with Crippen LogP contribution >= 0.6 is 11.6 Å². The summed E-state index contributed by atoms with van der Waals surface area (Å²) in [6, 6.07) is 14.1. The van der Waals surface area contributed by atoms with Crippen LogP contribution in [0.5, 0.6) is 11.5 Å². The Morgan fingerprint density at radius 2 is 1.95 bits per heavy atom. The van der Waals surface area contributed by atoms with Crippen LogP contribution in [0.3, 0.4) is 0 Å². The lowest BCUT2D eigenvalue weighted by Crippen LogP contribution is -2.30. The molecule has 110 valence electrons. The molecule has 5 heteroatoms. The summed E-state index contributed by atoms with van der Waals surface area (Å²) in [5, 5.41) is 3.33. The van der Waals surface area contributed by atoms with Crippen molar-refractivity contribution in [2.24, 2.45) is 0 Å². The monoisotopic (exact) mass is 305 g/mol. The zero-order valence-corrected chi connectivity index (χ0v) is 12.6. The molecule has 0 bridgehead atoms. The van der Waals surface area contributed by atoms with Crippen molar-refractivity contribution in [2.45, 2.75) is 13.0 Å². The van der Waals surface area contributed by atoms with Gasteiger partial charge in [0.2, 0.25) is 0 Å². The number of carbonyl (C=O) groups is 1. The van der Waals surface area contributed by atoms with Gasteiger partial charge in [-0.25, -0.2) is 0 Å². The highest BCUT2D eigenvalue weighted by atomic mass is 35.5. The number of hydrogen-bond donors (Lipinski definition) is 1. The summed E-state index contributed by atoms with van der Waals surface area (Å²) in [6.07, 6.45) is -0.659. The van der Waals surface area contributed by atoms with E-state index in [1.54, 1.807) is 50.4 Å². The molecule has 1 atom stereocenters. The maximum atomic E-state index is 12.1. The van der Waals surface area contributed by atoms with E-state index >= 15 is 0 Å². The highest BCUT2D eigenvalue weighted by Gasteiger charge is 2.16. The van der Waals surface area contributed by atoms with Crippen LogP contribution in [0.15, 0.2) is 48.5 Å². The number of halogens is 1. The third-order valence-electron chi connectivity index (χ3n) is 2.84. The van der Waals surface area contributed by atoms with Crippen molar-refractivity contribution in [3.05, 3.63) is 53.6 Å². The zero-order chi connectivity index (χ0) is 15.2. The lowest BCUT2D eigenvalue weighted by Gasteiger charge is -2.16. The first-order valence-corrected chi connectivity index (χ1v) is 6.84. The molecule has 0 spiro atoms. The summed E-state index contributed by atoms with van der Waals surface area (Å²) in [7, 11) is 1.55. The zero-order valence-electron chi connectivity index (χ0n) is 11.8. The first-order valence-electron chi connectivity index (χ1n) is 6.46. The first kappa shape index (κ1) is 15.2. The maximum Gasteiger partial charge on any atom is 0.265 e. The Bertz CT molecular complexity index is 630. The fourth-order valence-electron chi connectivity index (χ4n) is 1.78. The van der Waals surface area contributed by atoms with E-state index in [4.69, 9.17) is 21.1 Å². The number of ether oxygens (including phenoxy) is 2. The van der Waals surface area contributed by atoms with Gasteiger partial charge in [-0.15, -0.1) is 0 Å². The van der Waals surface area contributed by atoms with Crippen LogP contribution in [-0.2, 0) is 4.79 Å². The van der Waals surface area contributed by atoms with Gasteiger partial charge in [-0.2, -0.15) is 0 Å². The highest BCUT2D eigenvalue weighted by Crippen LogP contribution is 2.24. The normalized spacial score (nSPS) is 11.6. The second-order valence-electron chi connectivity index (χ2n) is 4.41. The van der Waals surface area contributed by atoms with E-state index in [0.29, 0.717) is 22.2 Å². The molecule has 0 aromatic heterocycles. The molecule has 0 radical (unpaired) electrons. The van der Waals surface area contributed by atoms with E-state index in [1.807, 2.05) is 12.1 Å². The molecule has 1 N–H and O–H groups in total. The minimum absolute atomic E-state index is 0.264. The molecule has 2 aromatic carbocycles. The molecule has 2 aromatic rings. The fraction of sp³-hybridized carbons (Fsp3) is 0.188. The summed E-state index contributed by atoms with van der Waals surface area (Å²) < 4.78 is 10.8. The lowest BCUT2D eigenvalue weighted by molar-refractivity contribution is -0.122. The molecule has 0 saturated heterocycles. The first-order chi connectivity index (χ1) is 10.1. The number of hydrogen-bond acceptors (Lipinski definition) is 3. The summed E-state index contributed by atoms with van der Waals surface area (Å²) >= 11 is 5.88. The SMILES string of the molecule is COc1ccccc1NC(=O)[C@H](C)Oc1cccc(Cl)c1. The number of carbonyl (C=O) groups excluding carboxylic acids is 1. The van der Waals surface area contributed by atoms with Crippen molar-refractivity contribution in [1.82, 2.24) is 0 Å². The van der Waals surface area contributed by atoms with Crippen LogP contribution < -0.4 is 14.8 Å². The van der Waals surface area contributed by atoms with Crippen molar-refractivity contribution < 1.29 is 14.3 Å². The Labute approximate surface area is 128 Å². The molecule has 0 heterocycles. The highest BCUT2D eigenvalue weighted by molar-refractivity contribution is 6.30. The number of rotatable bonds is 5. The van der Waals surface area contributed by atoms with E-state index in [1.165, 1.54) is 0 Å². The molecule has 0 unspecified atom stereocenters. The molecular weight excluding hydrogens is 290 g/mol. The van der Waals surface area contributed by atoms with Crippen LogP contribution in [0.4, 0.5) is 5.69 Å². The topological polar surface area (TPSA) is 47.6 Å². The second-order valence-corrected chi connectivity index (χ2v) is 4.84. The van der Waals surface area contributed by atoms with Crippen molar-refractivity contribution in [3.63, 3.8) is 0 Å². The van der Waals surface area contributed by atoms with Crippen molar-refractivity contribution in [3.8, 4) is 11.5 Å². The number of benzene rings is 2. The molecule has 0 fully saturated rings. The van der Waals surface area contributed by atoms with Gasteiger partial charge in [0.15, 0.2) is 6.10 Å². The molecule has 0 aliphatic heterocycles. The molecule has 2 rings (SSSR count). The minimum Gasteiger partial charge on any atom is -0.495 e. The van der Waals surface area contributed by atoms with Crippen LogP contribution in [0.1, 0.15) is 6.92 Å². The van der Waals surface area contributed by atoms with Gasteiger partial charge in [0.25, 0.3) is 5.91 Å². The smallest absolute Gasteiger partial charge is 0.265 e. The predicted octanol–water partition coefficient (Wildman–Crippen LogP) is 3.75. The molecule has 0 aliphatic rings. The summed E-state index contributed by atoms with van der Waals surface area (Å²) in [5.41, 5.74) is 0.603. The van der Waals surface area contributed by atoms with Crippen molar-refractivity contribution >= 4 is 23.2 Å². The van der Waals surface area contributed by atoms with E-state index in [0.717, 1.165) is 0 Å². The average Bonchev–Trinajstić information content (AvgIpc) is 2.47. The molecule has 0 aliphatic carbocycles. The molecule has 0 saturated carbocycles. The lowest BCUT2D eigenvalue weighted by atomic mass is 10.2. The molecule has 1 amide bonds. The Balaban J connectivity index is 2.02. The third-order valence-corrected chi connectivity index (χ3v) is 3.08. The van der Waals surface area contributed by atoms with Gasteiger partial charge in [-0.3, -0.25) is 4.79 Å². The van der Waals surface area contributed by atoms with Crippen molar-refractivity contribution in [1.29, 1.82) is 0 Å². The molecular formula is C16H16ClNO3. The van der Waals surface area contributed by atoms with Gasteiger partial charge in [0.05, 0.1) is 12.8 Å². The number of amides is 1. The maximum absolute atomic E-state index is 12.1. The van der Waals surface area contributed by atoms with Gasteiger partial charge in [-0.1, -0.05) is 29.8 Å². The molecule has 4 nitrogen and oxygen atoms in total. The summed E-state index contributed by atoms with van der Waals surface area (Å²) in [5.74, 6) is 0.880. The van der Waals surface area contributed by atoms with Gasteiger partial charge in [0.1, 0.15) is 11.5 Å². The Kier molecular flexibility index (Phi) is 5.06. The number of para-hydroxylation sites is 2. The van der Waals surface area contributed by atoms with E-state index in [-0.39, 0.29) is 5.91 Å². The largest absolute Gasteiger partial charge is 0.495 e. The van der Waals surface area contributed by atoms with Crippen LogP contribution in [0.25, 0.3) is 0 Å². The van der Waals surface area contributed by atoms with Gasteiger partial charge < -0.3 is 14.8 Å². The fourth-order valence-corrected chi connectivity index (χ4v) is 1.96. The molecule has 21 heavy (non-hydrogen) atoms. The number of methoxy groups -OCH3 is 1. The van der Waals surface area contributed by atoms with Crippen molar-refractivity contribution in [2.75, 3.05) is 12.4 Å². The van der Waals surface area contributed by atoms with E-state index in [9.17, 15) is 4.79 Å². The number of nitrogens with one attached hydrogen (secondary N) is 1. The van der Waals surface area contributed by atoms with Crippen LogP contribution in [-0.4, -0.2) is 19.1 Å². The second kappa shape index (κ2) is 6.99. The predicted molar refractivity (Wildman–Crippen MR) is 83.2 cm³/mol. The minimum atomic E-state index is -0.659. The number of anilines is 1. The Hall–Kier alpha value is -2.20. The van der Waals surface area contributed by atoms with Gasteiger partial charge in [-0.05, 0) is 37.3 Å². The van der Waals surface area contributed by atoms with Gasteiger partial charge >= 0.3 is 0 Å². The summed E-state index contributed by atoms with van der Waals surface area (Å²) in [6.45, 7) is 1.67.